The number of aliphatic hydroxyl groups is 4. The van der Waals surface area contributed by atoms with E-state index in [0.29, 0.717) is 12.3 Å². The van der Waals surface area contributed by atoms with E-state index >= 15 is 0 Å². The minimum absolute atomic E-state index is 0.0801. The average Bonchev–Trinajstić information content (AvgIpc) is 2.59. The lowest BCUT2D eigenvalue weighted by molar-refractivity contribution is -0.142. The van der Waals surface area contributed by atoms with Crippen molar-refractivity contribution in [3.05, 3.63) is 12.2 Å². The molecular formula is C19H36N2O6. The van der Waals surface area contributed by atoms with Gasteiger partial charge in [-0.3, -0.25) is 9.59 Å². The van der Waals surface area contributed by atoms with Crippen LogP contribution in [-0.4, -0.2) is 94.6 Å². The summed E-state index contributed by atoms with van der Waals surface area (Å²) in [4.78, 5) is 28.2. The Bertz CT molecular complexity index is 443. The molecule has 0 fully saturated rings. The number of aliphatic hydroxyl groups excluding tert-OH is 4. The zero-order chi connectivity index (χ0) is 20.8. The Morgan fingerprint density at radius 2 is 1.22 bits per heavy atom. The summed E-state index contributed by atoms with van der Waals surface area (Å²) in [7, 11) is 0. The van der Waals surface area contributed by atoms with Crippen LogP contribution in [0.4, 0.5) is 0 Å². The SMILES string of the molecule is C=C(CC(C)C)CC(CC(=O)N(CCO)CCO)C(=O)N(CCO)CCO. The maximum absolute atomic E-state index is 12.9. The van der Waals surface area contributed by atoms with Gasteiger partial charge < -0.3 is 30.2 Å². The predicted molar refractivity (Wildman–Crippen MR) is 103 cm³/mol. The third-order valence-electron chi connectivity index (χ3n) is 4.15. The van der Waals surface area contributed by atoms with Crippen molar-refractivity contribution >= 4 is 11.8 Å². The summed E-state index contributed by atoms with van der Waals surface area (Å²) in [5, 5.41) is 36.6. The number of carbonyl (C=O) groups is 2. The molecule has 4 N–H and O–H groups in total. The Labute approximate surface area is 162 Å². The molecule has 0 aromatic carbocycles. The standard InChI is InChI=1S/C19H36N2O6/c1-15(2)12-16(3)13-17(19(27)21(6-10-24)7-11-25)14-18(26)20(4-8-22)5-9-23/h15,17,22-25H,3-14H2,1-2H3. The highest BCUT2D eigenvalue weighted by atomic mass is 16.3. The Kier molecular flexibility index (Phi) is 13.8. The maximum atomic E-state index is 12.9. The summed E-state index contributed by atoms with van der Waals surface area (Å²) in [6, 6.07) is 0. The first-order valence-corrected chi connectivity index (χ1v) is 9.47. The van der Waals surface area contributed by atoms with Crippen molar-refractivity contribution in [2.45, 2.75) is 33.1 Å². The van der Waals surface area contributed by atoms with Crippen LogP contribution in [0, 0.1) is 11.8 Å². The quantitative estimate of drug-likeness (QED) is 0.284. The first-order valence-electron chi connectivity index (χ1n) is 9.47. The highest BCUT2D eigenvalue weighted by Crippen LogP contribution is 2.23. The van der Waals surface area contributed by atoms with Gasteiger partial charge in [0.25, 0.3) is 0 Å². The van der Waals surface area contributed by atoms with Gasteiger partial charge in [0, 0.05) is 32.6 Å². The van der Waals surface area contributed by atoms with Crippen molar-refractivity contribution in [3.63, 3.8) is 0 Å². The van der Waals surface area contributed by atoms with E-state index in [0.717, 1.165) is 12.0 Å². The van der Waals surface area contributed by atoms with Gasteiger partial charge in [0.1, 0.15) is 0 Å². The molecule has 0 bridgehead atoms. The summed E-state index contributed by atoms with van der Waals surface area (Å²) < 4.78 is 0. The zero-order valence-electron chi connectivity index (χ0n) is 16.6. The number of hydrogen-bond acceptors (Lipinski definition) is 6. The van der Waals surface area contributed by atoms with E-state index in [-0.39, 0.29) is 70.8 Å². The van der Waals surface area contributed by atoms with Crippen LogP contribution >= 0.6 is 0 Å². The van der Waals surface area contributed by atoms with Crippen molar-refractivity contribution in [1.29, 1.82) is 0 Å². The molecule has 0 aliphatic rings. The molecule has 158 valence electrons. The van der Waals surface area contributed by atoms with Gasteiger partial charge in [0.15, 0.2) is 0 Å². The van der Waals surface area contributed by atoms with Crippen LogP contribution in [-0.2, 0) is 9.59 Å². The predicted octanol–water partition coefficient (Wildman–Crippen LogP) is -0.388. The monoisotopic (exact) mass is 388 g/mol. The lowest BCUT2D eigenvalue weighted by Gasteiger charge is -2.29. The molecule has 0 aromatic heterocycles. The highest BCUT2D eigenvalue weighted by molar-refractivity contribution is 5.86. The smallest absolute Gasteiger partial charge is 0.226 e. The molecule has 0 heterocycles. The fourth-order valence-electron chi connectivity index (χ4n) is 3.03. The summed E-state index contributed by atoms with van der Waals surface area (Å²) in [6.07, 6.45) is 0.987. The lowest BCUT2D eigenvalue weighted by atomic mass is 9.90. The van der Waals surface area contributed by atoms with Crippen LogP contribution < -0.4 is 0 Å². The summed E-state index contributed by atoms with van der Waals surface area (Å²) in [6.45, 7) is 7.51. The third kappa shape index (κ3) is 10.4. The normalized spacial score (nSPS) is 12.1. The van der Waals surface area contributed by atoms with Crippen LogP contribution in [0.25, 0.3) is 0 Å². The average molecular weight is 389 g/mol. The summed E-state index contributed by atoms with van der Waals surface area (Å²) in [5.41, 5.74) is 0.861. The van der Waals surface area contributed by atoms with E-state index in [1.54, 1.807) is 0 Å². The molecule has 0 saturated carbocycles. The van der Waals surface area contributed by atoms with Crippen LogP contribution in [0.15, 0.2) is 12.2 Å². The molecule has 8 heteroatoms. The fraction of sp³-hybridized carbons (Fsp3) is 0.789. The van der Waals surface area contributed by atoms with Crippen molar-refractivity contribution in [2.75, 3.05) is 52.6 Å². The van der Waals surface area contributed by atoms with Gasteiger partial charge in [-0.1, -0.05) is 26.0 Å². The summed E-state index contributed by atoms with van der Waals surface area (Å²) >= 11 is 0. The first-order chi connectivity index (χ1) is 12.8. The van der Waals surface area contributed by atoms with E-state index in [1.807, 2.05) is 13.8 Å². The van der Waals surface area contributed by atoms with Crippen molar-refractivity contribution in [3.8, 4) is 0 Å². The van der Waals surface area contributed by atoms with E-state index in [9.17, 15) is 19.8 Å². The lowest BCUT2D eigenvalue weighted by Crippen LogP contribution is -2.43. The summed E-state index contributed by atoms with van der Waals surface area (Å²) in [5.74, 6) is -0.942. The van der Waals surface area contributed by atoms with Gasteiger partial charge in [-0.05, 0) is 18.8 Å². The minimum Gasteiger partial charge on any atom is -0.395 e. The molecule has 0 aliphatic heterocycles. The van der Waals surface area contributed by atoms with E-state index in [2.05, 4.69) is 6.58 Å². The zero-order valence-corrected chi connectivity index (χ0v) is 16.6. The minimum atomic E-state index is -0.665. The number of hydrogen-bond donors (Lipinski definition) is 4. The highest BCUT2D eigenvalue weighted by Gasteiger charge is 2.28. The molecule has 0 spiro atoms. The molecule has 0 rings (SSSR count). The second kappa shape index (κ2) is 14.6. The third-order valence-corrected chi connectivity index (χ3v) is 4.15. The van der Waals surface area contributed by atoms with Gasteiger partial charge in [-0.25, -0.2) is 0 Å². The molecular weight excluding hydrogens is 352 g/mol. The largest absolute Gasteiger partial charge is 0.395 e. The molecule has 0 aromatic rings. The Hall–Kier alpha value is -1.48. The van der Waals surface area contributed by atoms with E-state index in [4.69, 9.17) is 10.2 Å². The van der Waals surface area contributed by atoms with Crippen LogP contribution in [0.3, 0.4) is 0 Å². The van der Waals surface area contributed by atoms with Crippen molar-refractivity contribution in [2.24, 2.45) is 11.8 Å². The number of allylic oxidation sites excluding steroid dienone is 1. The van der Waals surface area contributed by atoms with Gasteiger partial charge in [-0.15, -0.1) is 0 Å². The second-order valence-electron chi connectivity index (χ2n) is 7.05. The number of nitrogens with zero attached hydrogens (tertiary/aromatic N) is 2. The number of amides is 2. The van der Waals surface area contributed by atoms with Gasteiger partial charge >= 0.3 is 0 Å². The molecule has 0 radical (unpaired) electrons. The molecule has 0 aliphatic carbocycles. The molecule has 27 heavy (non-hydrogen) atoms. The molecule has 8 nitrogen and oxygen atoms in total. The fourth-order valence-corrected chi connectivity index (χ4v) is 3.03. The molecule has 0 saturated heterocycles. The molecule has 1 atom stereocenters. The van der Waals surface area contributed by atoms with Gasteiger partial charge in [-0.2, -0.15) is 0 Å². The Balaban J connectivity index is 5.33. The second-order valence-corrected chi connectivity index (χ2v) is 7.05. The van der Waals surface area contributed by atoms with Crippen LogP contribution in [0.1, 0.15) is 33.1 Å². The molecule has 2 amide bonds. The van der Waals surface area contributed by atoms with Gasteiger partial charge in [0.05, 0.1) is 32.3 Å². The van der Waals surface area contributed by atoms with Gasteiger partial charge in [0.2, 0.25) is 11.8 Å². The molecule has 1 unspecified atom stereocenters. The van der Waals surface area contributed by atoms with Crippen LogP contribution in [0.2, 0.25) is 0 Å². The topological polar surface area (TPSA) is 122 Å². The van der Waals surface area contributed by atoms with Crippen molar-refractivity contribution in [1.82, 2.24) is 9.80 Å². The number of carbonyl (C=O) groups excluding carboxylic acids is 2. The maximum Gasteiger partial charge on any atom is 0.226 e. The Morgan fingerprint density at radius 1 is 0.778 bits per heavy atom. The van der Waals surface area contributed by atoms with Crippen LogP contribution in [0.5, 0.6) is 0 Å². The van der Waals surface area contributed by atoms with Crippen molar-refractivity contribution < 1.29 is 30.0 Å². The van der Waals surface area contributed by atoms with E-state index in [1.165, 1.54) is 9.80 Å². The Morgan fingerprint density at radius 3 is 1.63 bits per heavy atom. The first kappa shape index (κ1) is 25.5. The van der Waals surface area contributed by atoms with E-state index < -0.39 is 5.92 Å². The number of rotatable bonds is 15.